The highest BCUT2D eigenvalue weighted by atomic mass is 16.2. The van der Waals surface area contributed by atoms with Gasteiger partial charge in [0, 0.05) is 23.2 Å². The van der Waals surface area contributed by atoms with Crippen LogP contribution in [0.25, 0.3) is 27.7 Å². The summed E-state index contributed by atoms with van der Waals surface area (Å²) in [6.45, 7) is 3.94. The summed E-state index contributed by atoms with van der Waals surface area (Å²) in [6.07, 6.45) is 5.22. The minimum absolute atomic E-state index is 0.186. The zero-order valence-electron chi connectivity index (χ0n) is 22.9. The van der Waals surface area contributed by atoms with Crippen LogP contribution in [0, 0.1) is 13.8 Å². The SMILES string of the molecule is Cc1cc(C)n(-c2cccc(C(=O)N[C@@H](CCCCCC(N)=O)c3ncc(-c4ccc5ccccc5c4)[nH]3)c2)n1. The molecule has 40 heavy (non-hydrogen) atoms. The highest BCUT2D eigenvalue weighted by Crippen LogP contribution is 2.26. The molecule has 8 heteroatoms. The lowest BCUT2D eigenvalue weighted by molar-refractivity contribution is -0.118. The molecule has 2 aromatic heterocycles. The van der Waals surface area contributed by atoms with E-state index in [0.29, 0.717) is 24.2 Å². The van der Waals surface area contributed by atoms with E-state index in [1.807, 2.05) is 61.1 Å². The predicted molar refractivity (Wildman–Crippen MR) is 157 cm³/mol. The van der Waals surface area contributed by atoms with Crippen LogP contribution in [-0.4, -0.2) is 31.6 Å². The van der Waals surface area contributed by atoms with Gasteiger partial charge in [-0.2, -0.15) is 5.10 Å². The van der Waals surface area contributed by atoms with Crippen molar-refractivity contribution in [2.45, 2.75) is 52.0 Å². The van der Waals surface area contributed by atoms with Crippen LogP contribution in [0.2, 0.25) is 0 Å². The van der Waals surface area contributed by atoms with E-state index in [1.54, 1.807) is 6.07 Å². The Morgan fingerprint density at radius 2 is 1.77 bits per heavy atom. The average molecular weight is 535 g/mol. The molecular weight excluding hydrogens is 500 g/mol. The highest BCUT2D eigenvalue weighted by Gasteiger charge is 2.20. The van der Waals surface area contributed by atoms with E-state index < -0.39 is 0 Å². The molecule has 0 aliphatic heterocycles. The van der Waals surface area contributed by atoms with E-state index in [4.69, 9.17) is 5.73 Å². The molecule has 8 nitrogen and oxygen atoms in total. The Kier molecular flexibility index (Phi) is 8.05. The van der Waals surface area contributed by atoms with Crippen LogP contribution in [0.1, 0.15) is 65.7 Å². The van der Waals surface area contributed by atoms with Gasteiger partial charge < -0.3 is 16.0 Å². The number of amides is 2. The fourth-order valence-corrected chi connectivity index (χ4v) is 5.03. The molecular formula is C32H34N6O2. The molecule has 0 aliphatic rings. The molecule has 4 N–H and O–H groups in total. The molecule has 5 rings (SSSR count). The first-order valence-corrected chi connectivity index (χ1v) is 13.6. The Hall–Kier alpha value is -4.72. The van der Waals surface area contributed by atoms with Crippen molar-refractivity contribution in [2.24, 2.45) is 5.73 Å². The third-order valence-electron chi connectivity index (χ3n) is 7.07. The van der Waals surface area contributed by atoms with Gasteiger partial charge in [0.05, 0.1) is 29.3 Å². The number of carbonyl (C=O) groups is 2. The molecule has 0 fully saturated rings. The molecule has 204 valence electrons. The van der Waals surface area contributed by atoms with Crippen molar-refractivity contribution in [3.63, 3.8) is 0 Å². The molecule has 0 radical (unpaired) electrons. The summed E-state index contributed by atoms with van der Waals surface area (Å²) in [5.41, 5.74) is 10.5. The maximum Gasteiger partial charge on any atom is 0.251 e. The van der Waals surface area contributed by atoms with Gasteiger partial charge in [-0.15, -0.1) is 0 Å². The summed E-state index contributed by atoms with van der Waals surface area (Å²) >= 11 is 0. The van der Waals surface area contributed by atoms with Crippen molar-refractivity contribution >= 4 is 22.6 Å². The number of aromatic amines is 1. The molecule has 2 amide bonds. The molecule has 3 aromatic carbocycles. The Labute approximate surface area is 233 Å². The largest absolute Gasteiger partial charge is 0.370 e. The minimum atomic E-state index is -0.326. The van der Waals surface area contributed by atoms with E-state index in [2.05, 4.69) is 50.7 Å². The number of nitrogens with two attached hydrogens (primary N) is 1. The second-order valence-corrected chi connectivity index (χ2v) is 10.2. The zero-order chi connectivity index (χ0) is 28.1. The summed E-state index contributed by atoms with van der Waals surface area (Å²) in [5, 5.41) is 10.1. The number of benzene rings is 3. The Morgan fingerprint density at radius 1 is 0.950 bits per heavy atom. The molecule has 0 unspecified atom stereocenters. The van der Waals surface area contributed by atoms with Crippen molar-refractivity contribution in [3.05, 3.63) is 102 Å². The fourth-order valence-electron chi connectivity index (χ4n) is 5.03. The Balaban J connectivity index is 1.37. The van der Waals surface area contributed by atoms with Crippen LogP contribution in [0.15, 0.2) is 79.0 Å². The van der Waals surface area contributed by atoms with Crippen LogP contribution in [0.5, 0.6) is 0 Å². The van der Waals surface area contributed by atoms with E-state index >= 15 is 0 Å². The number of primary amides is 1. The lowest BCUT2D eigenvalue weighted by Crippen LogP contribution is -2.29. The van der Waals surface area contributed by atoms with E-state index in [0.717, 1.165) is 53.0 Å². The monoisotopic (exact) mass is 534 g/mol. The fraction of sp³-hybridized carbons (Fsp3) is 0.250. The molecule has 1 atom stereocenters. The van der Waals surface area contributed by atoms with Gasteiger partial charge in [0.2, 0.25) is 5.91 Å². The van der Waals surface area contributed by atoms with Gasteiger partial charge in [0.15, 0.2) is 0 Å². The van der Waals surface area contributed by atoms with Gasteiger partial charge >= 0.3 is 0 Å². The number of carbonyl (C=O) groups excluding carboxylic acids is 2. The van der Waals surface area contributed by atoms with Gasteiger partial charge in [0.25, 0.3) is 5.91 Å². The lowest BCUT2D eigenvalue weighted by Gasteiger charge is -2.17. The smallest absolute Gasteiger partial charge is 0.251 e. The number of hydrogen-bond donors (Lipinski definition) is 3. The number of nitrogens with one attached hydrogen (secondary N) is 2. The van der Waals surface area contributed by atoms with E-state index in [-0.39, 0.29) is 17.9 Å². The maximum atomic E-state index is 13.5. The van der Waals surface area contributed by atoms with Crippen molar-refractivity contribution in [3.8, 4) is 16.9 Å². The first kappa shape index (κ1) is 26.9. The summed E-state index contributed by atoms with van der Waals surface area (Å²) < 4.78 is 1.84. The number of fused-ring (bicyclic) bond motifs is 1. The highest BCUT2D eigenvalue weighted by molar-refractivity contribution is 5.95. The zero-order valence-corrected chi connectivity index (χ0v) is 22.9. The predicted octanol–water partition coefficient (Wildman–Crippen LogP) is 5.94. The third kappa shape index (κ3) is 6.29. The number of rotatable bonds is 11. The Morgan fingerprint density at radius 3 is 2.55 bits per heavy atom. The molecule has 2 heterocycles. The van der Waals surface area contributed by atoms with Gasteiger partial charge in [-0.3, -0.25) is 9.59 Å². The van der Waals surface area contributed by atoms with Crippen LogP contribution >= 0.6 is 0 Å². The number of hydrogen-bond acceptors (Lipinski definition) is 4. The van der Waals surface area contributed by atoms with Crippen molar-refractivity contribution in [1.29, 1.82) is 0 Å². The van der Waals surface area contributed by atoms with Gasteiger partial charge in [-0.1, -0.05) is 55.3 Å². The number of H-pyrrole nitrogens is 1. The van der Waals surface area contributed by atoms with E-state index in [1.165, 1.54) is 5.39 Å². The summed E-state index contributed by atoms with van der Waals surface area (Å²) in [6, 6.07) is 23.7. The minimum Gasteiger partial charge on any atom is -0.370 e. The second kappa shape index (κ2) is 12.0. The molecule has 0 aliphatic carbocycles. The lowest BCUT2D eigenvalue weighted by atomic mass is 10.0. The first-order valence-electron chi connectivity index (χ1n) is 13.6. The second-order valence-electron chi connectivity index (χ2n) is 10.2. The number of unbranched alkanes of at least 4 members (excludes halogenated alkanes) is 2. The number of nitrogens with zero attached hydrogens (tertiary/aromatic N) is 3. The maximum absolute atomic E-state index is 13.5. The molecule has 5 aromatic rings. The number of imidazole rings is 1. The molecule has 0 spiro atoms. The van der Waals surface area contributed by atoms with Gasteiger partial charge in [-0.25, -0.2) is 9.67 Å². The topological polar surface area (TPSA) is 119 Å². The van der Waals surface area contributed by atoms with Gasteiger partial charge in [-0.05, 0) is 67.8 Å². The summed E-state index contributed by atoms with van der Waals surface area (Å²) in [4.78, 5) is 32.7. The summed E-state index contributed by atoms with van der Waals surface area (Å²) in [5.74, 6) is 0.216. The number of aryl methyl sites for hydroxylation is 2. The first-order chi connectivity index (χ1) is 19.4. The molecule has 0 bridgehead atoms. The van der Waals surface area contributed by atoms with Crippen LogP contribution in [-0.2, 0) is 4.79 Å². The van der Waals surface area contributed by atoms with Crippen molar-refractivity contribution < 1.29 is 9.59 Å². The third-order valence-corrected chi connectivity index (χ3v) is 7.07. The Bertz CT molecular complexity index is 1650. The van der Waals surface area contributed by atoms with Gasteiger partial charge in [0.1, 0.15) is 5.82 Å². The van der Waals surface area contributed by atoms with Crippen molar-refractivity contribution in [1.82, 2.24) is 25.1 Å². The van der Waals surface area contributed by atoms with Crippen LogP contribution < -0.4 is 11.1 Å². The molecule has 0 saturated heterocycles. The van der Waals surface area contributed by atoms with E-state index in [9.17, 15) is 9.59 Å². The average Bonchev–Trinajstić information content (AvgIpc) is 3.58. The number of aromatic nitrogens is 4. The molecule has 0 saturated carbocycles. The van der Waals surface area contributed by atoms with Crippen molar-refractivity contribution in [2.75, 3.05) is 0 Å². The standard InChI is InChI=1S/C32H34N6O2/c1-21-17-22(2)38(37-21)27-12-8-11-26(19-27)32(40)36-28(13-4-3-5-14-30(33)39)31-34-20-29(35-31)25-16-15-23-9-6-7-10-24(23)18-25/h6-12,15-20,28H,3-5,13-14H2,1-2H3,(H2,33,39)(H,34,35)(H,36,40)/t28-/m0/s1. The van der Waals surface area contributed by atoms with Crippen LogP contribution in [0.4, 0.5) is 0 Å². The van der Waals surface area contributed by atoms with Crippen LogP contribution in [0.3, 0.4) is 0 Å². The summed E-state index contributed by atoms with van der Waals surface area (Å²) in [7, 11) is 0. The normalized spacial score (nSPS) is 11.9. The quantitative estimate of drug-likeness (QED) is 0.182.